The molecule has 30 heavy (non-hydrogen) atoms. The molecular weight excluding hydrogens is 442 g/mol. The Labute approximate surface area is 185 Å². The number of carbonyl (C=O) groups excluding carboxylic acids is 1. The number of nitrogens with one attached hydrogen (secondary N) is 1. The normalized spacial score (nSPS) is 10.7. The molecule has 0 unspecified atom stereocenters. The maximum absolute atomic E-state index is 12.4. The number of anilines is 1. The minimum absolute atomic E-state index is 0.125. The van der Waals surface area contributed by atoms with Crippen LogP contribution in [0, 0.1) is 11.3 Å². The fraction of sp³-hybridized carbons (Fsp3) is 0.100. The highest BCUT2D eigenvalue weighted by atomic mass is 35.5. The topological polar surface area (TPSA) is 96.7 Å². The monoisotopic (exact) mass is 455 g/mol. The summed E-state index contributed by atoms with van der Waals surface area (Å²) in [6.45, 7) is 0.422. The standard InChI is InChI=1S/C20H14ClN5O2S2/c21-15-5-3-13(4-6-15)18-24-25-20(26(18)11-16-2-1-8-28-16)30-12-17(27)23-19-14(10-22)7-9-29-19/h1-9H,11-12H2,(H,23,27). The number of thioether (sulfide) groups is 1. The summed E-state index contributed by atoms with van der Waals surface area (Å²) in [7, 11) is 0. The third-order valence-electron chi connectivity index (χ3n) is 4.08. The lowest BCUT2D eigenvalue weighted by atomic mass is 10.2. The summed E-state index contributed by atoms with van der Waals surface area (Å²) < 4.78 is 7.37. The number of amides is 1. The molecule has 0 radical (unpaired) electrons. The molecule has 150 valence electrons. The van der Waals surface area contributed by atoms with Gasteiger partial charge in [0.05, 0.1) is 24.1 Å². The number of nitrogens with zero attached hydrogens (tertiary/aromatic N) is 4. The molecule has 0 saturated heterocycles. The maximum atomic E-state index is 12.4. The average molecular weight is 456 g/mol. The minimum Gasteiger partial charge on any atom is -0.467 e. The fourth-order valence-corrected chi connectivity index (χ4v) is 4.31. The highest BCUT2D eigenvalue weighted by Gasteiger charge is 2.17. The Morgan fingerprint density at radius 2 is 2.10 bits per heavy atom. The van der Waals surface area contributed by atoms with Gasteiger partial charge in [-0.1, -0.05) is 23.4 Å². The molecule has 3 aromatic heterocycles. The third kappa shape index (κ3) is 4.57. The zero-order chi connectivity index (χ0) is 20.9. The molecule has 4 rings (SSSR count). The number of halogens is 1. The maximum Gasteiger partial charge on any atom is 0.235 e. The van der Waals surface area contributed by atoms with Crippen molar-refractivity contribution >= 4 is 45.6 Å². The molecule has 1 N–H and O–H groups in total. The van der Waals surface area contributed by atoms with Gasteiger partial charge in [0, 0.05) is 10.6 Å². The number of nitriles is 1. The quantitative estimate of drug-likeness (QED) is 0.398. The van der Waals surface area contributed by atoms with Crippen LogP contribution < -0.4 is 5.32 Å². The van der Waals surface area contributed by atoms with Crippen LogP contribution in [0.15, 0.2) is 63.7 Å². The Balaban J connectivity index is 1.54. The van der Waals surface area contributed by atoms with Crippen molar-refractivity contribution in [2.24, 2.45) is 0 Å². The first kappa shape index (κ1) is 20.2. The number of hydrogen-bond acceptors (Lipinski definition) is 7. The predicted molar refractivity (Wildman–Crippen MR) is 117 cm³/mol. The van der Waals surface area contributed by atoms with Gasteiger partial charge >= 0.3 is 0 Å². The summed E-state index contributed by atoms with van der Waals surface area (Å²) in [6, 6.07) is 14.7. The van der Waals surface area contributed by atoms with E-state index in [0.717, 1.165) is 11.3 Å². The van der Waals surface area contributed by atoms with Crippen LogP contribution in [0.5, 0.6) is 0 Å². The number of rotatable bonds is 7. The molecule has 0 atom stereocenters. The molecule has 4 aromatic rings. The largest absolute Gasteiger partial charge is 0.467 e. The van der Waals surface area contributed by atoms with Crippen LogP contribution in [-0.4, -0.2) is 26.4 Å². The van der Waals surface area contributed by atoms with Gasteiger partial charge in [-0.05, 0) is 47.8 Å². The number of thiophene rings is 1. The van der Waals surface area contributed by atoms with Crippen molar-refractivity contribution < 1.29 is 9.21 Å². The van der Waals surface area contributed by atoms with Crippen LogP contribution in [-0.2, 0) is 11.3 Å². The summed E-state index contributed by atoms with van der Waals surface area (Å²) >= 11 is 8.57. The van der Waals surface area contributed by atoms with Crippen molar-refractivity contribution in [1.29, 1.82) is 5.26 Å². The number of aromatic nitrogens is 3. The molecule has 0 aliphatic rings. The highest BCUT2D eigenvalue weighted by Crippen LogP contribution is 2.27. The molecule has 1 amide bonds. The second-order valence-corrected chi connectivity index (χ2v) is 8.39. The van der Waals surface area contributed by atoms with Crippen molar-refractivity contribution in [2.45, 2.75) is 11.7 Å². The Hall–Kier alpha value is -3.06. The van der Waals surface area contributed by atoms with Crippen LogP contribution in [0.2, 0.25) is 5.02 Å². The molecule has 0 spiro atoms. The van der Waals surface area contributed by atoms with Gasteiger partial charge in [0.1, 0.15) is 16.8 Å². The van der Waals surface area contributed by atoms with Gasteiger partial charge in [0.15, 0.2) is 11.0 Å². The van der Waals surface area contributed by atoms with Crippen molar-refractivity contribution in [1.82, 2.24) is 14.8 Å². The summed E-state index contributed by atoms with van der Waals surface area (Å²) in [5, 5.41) is 23.9. The summed E-state index contributed by atoms with van der Waals surface area (Å²) in [6.07, 6.45) is 1.61. The van der Waals surface area contributed by atoms with Gasteiger partial charge in [-0.3, -0.25) is 9.36 Å². The Kier molecular flexibility index (Phi) is 6.18. The zero-order valence-corrected chi connectivity index (χ0v) is 17.8. The van der Waals surface area contributed by atoms with Gasteiger partial charge in [-0.15, -0.1) is 21.5 Å². The van der Waals surface area contributed by atoms with E-state index in [4.69, 9.17) is 21.3 Å². The van der Waals surface area contributed by atoms with E-state index in [2.05, 4.69) is 21.6 Å². The van der Waals surface area contributed by atoms with E-state index in [9.17, 15) is 4.79 Å². The van der Waals surface area contributed by atoms with E-state index in [1.165, 1.54) is 23.1 Å². The van der Waals surface area contributed by atoms with Crippen LogP contribution in [0.25, 0.3) is 11.4 Å². The fourth-order valence-electron chi connectivity index (χ4n) is 2.70. The van der Waals surface area contributed by atoms with Gasteiger partial charge in [-0.2, -0.15) is 5.26 Å². The van der Waals surface area contributed by atoms with Crippen molar-refractivity contribution in [3.8, 4) is 17.5 Å². The van der Waals surface area contributed by atoms with Crippen LogP contribution in [0.1, 0.15) is 11.3 Å². The van der Waals surface area contributed by atoms with Crippen molar-refractivity contribution in [3.63, 3.8) is 0 Å². The van der Waals surface area contributed by atoms with E-state index in [0.29, 0.717) is 33.1 Å². The lowest BCUT2D eigenvalue weighted by Crippen LogP contribution is -2.14. The van der Waals surface area contributed by atoms with Gasteiger partial charge in [0.25, 0.3) is 0 Å². The molecule has 7 nitrogen and oxygen atoms in total. The van der Waals surface area contributed by atoms with Crippen molar-refractivity contribution in [2.75, 3.05) is 11.1 Å². The Morgan fingerprint density at radius 3 is 2.83 bits per heavy atom. The minimum atomic E-state index is -0.223. The SMILES string of the molecule is N#Cc1ccsc1NC(=O)CSc1nnc(-c2ccc(Cl)cc2)n1Cc1ccco1. The molecular formula is C20H14ClN5O2S2. The van der Waals surface area contributed by atoms with Crippen LogP contribution in [0.4, 0.5) is 5.00 Å². The van der Waals surface area contributed by atoms with E-state index in [1.54, 1.807) is 29.8 Å². The predicted octanol–water partition coefficient (Wildman–Crippen LogP) is 4.90. The first-order valence-corrected chi connectivity index (χ1v) is 11.0. The summed E-state index contributed by atoms with van der Waals surface area (Å²) in [5.74, 6) is 1.30. The van der Waals surface area contributed by atoms with Crippen LogP contribution >= 0.6 is 34.7 Å². The molecule has 0 aliphatic heterocycles. The molecule has 0 aliphatic carbocycles. The van der Waals surface area contributed by atoms with Gasteiger partial charge < -0.3 is 9.73 Å². The lowest BCUT2D eigenvalue weighted by molar-refractivity contribution is -0.113. The smallest absolute Gasteiger partial charge is 0.235 e. The Bertz CT molecular complexity index is 1190. The van der Waals surface area contributed by atoms with Crippen molar-refractivity contribution in [3.05, 3.63) is 70.5 Å². The second kappa shape index (κ2) is 9.17. The first-order valence-electron chi connectivity index (χ1n) is 8.76. The van der Waals surface area contributed by atoms with E-state index in [-0.39, 0.29) is 11.7 Å². The van der Waals surface area contributed by atoms with E-state index in [1.807, 2.05) is 28.8 Å². The molecule has 0 saturated carbocycles. The molecule has 1 aromatic carbocycles. The van der Waals surface area contributed by atoms with Gasteiger partial charge in [0.2, 0.25) is 5.91 Å². The third-order valence-corrected chi connectivity index (χ3v) is 6.13. The number of hydrogen-bond donors (Lipinski definition) is 1. The van der Waals surface area contributed by atoms with E-state index < -0.39 is 0 Å². The first-order chi connectivity index (χ1) is 14.6. The van der Waals surface area contributed by atoms with E-state index >= 15 is 0 Å². The number of benzene rings is 1. The summed E-state index contributed by atoms with van der Waals surface area (Å²) in [4.78, 5) is 12.4. The number of furan rings is 1. The Morgan fingerprint density at radius 1 is 1.27 bits per heavy atom. The lowest BCUT2D eigenvalue weighted by Gasteiger charge is -2.09. The zero-order valence-electron chi connectivity index (χ0n) is 15.4. The average Bonchev–Trinajstić information content (AvgIpc) is 3.49. The molecule has 0 fully saturated rings. The van der Waals surface area contributed by atoms with Gasteiger partial charge in [-0.25, -0.2) is 0 Å². The molecule has 0 bridgehead atoms. The number of carbonyl (C=O) groups is 1. The summed E-state index contributed by atoms with van der Waals surface area (Å²) in [5.41, 5.74) is 1.30. The molecule has 10 heteroatoms. The molecule has 3 heterocycles. The van der Waals surface area contributed by atoms with Crippen LogP contribution in [0.3, 0.4) is 0 Å². The second-order valence-electron chi connectivity index (χ2n) is 6.09. The highest BCUT2D eigenvalue weighted by molar-refractivity contribution is 7.99.